The molecule has 1 atom stereocenters. The van der Waals surface area contributed by atoms with Crippen LogP contribution in [-0.4, -0.2) is 53.7 Å². The van der Waals surface area contributed by atoms with Crippen LogP contribution in [-0.2, 0) is 4.79 Å². The van der Waals surface area contributed by atoms with Crippen molar-refractivity contribution in [2.45, 2.75) is 25.7 Å². The van der Waals surface area contributed by atoms with Crippen LogP contribution in [0.1, 0.15) is 45.7 Å². The third-order valence-corrected chi connectivity index (χ3v) is 6.77. The molecule has 2 aliphatic rings. The van der Waals surface area contributed by atoms with Gasteiger partial charge in [0.2, 0.25) is 5.91 Å². The molecule has 30 heavy (non-hydrogen) atoms. The van der Waals surface area contributed by atoms with E-state index in [1.807, 2.05) is 11.4 Å². The lowest BCUT2D eigenvalue weighted by Gasteiger charge is -2.32. The number of hydrogen-bond acceptors (Lipinski definition) is 4. The van der Waals surface area contributed by atoms with Gasteiger partial charge in [-0.25, -0.2) is 0 Å². The van der Waals surface area contributed by atoms with Crippen molar-refractivity contribution in [1.82, 2.24) is 9.80 Å². The summed E-state index contributed by atoms with van der Waals surface area (Å²) in [5, 5.41) is 5.25. The Bertz CT molecular complexity index is 941. The Morgan fingerprint density at radius 2 is 1.77 bits per heavy atom. The van der Waals surface area contributed by atoms with Crippen molar-refractivity contribution in [1.29, 1.82) is 0 Å². The fraction of sp³-hybridized carbons (Fsp3) is 0.409. The number of likely N-dealkylation sites (tertiary alicyclic amines) is 2. The lowest BCUT2D eigenvalue weighted by atomic mass is 9.96. The summed E-state index contributed by atoms with van der Waals surface area (Å²) in [6, 6.07) is 8.62. The van der Waals surface area contributed by atoms with E-state index in [-0.39, 0.29) is 23.6 Å². The monoisotopic (exact) mass is 445 g/mol. The van der Waals surface area contributed by atoms with Crippen LogP contribution in [0.25, 0.3) is 0 Å². The Hall–Kier alpha value is -2.38. The lowest BCUT2D eigenvalue weighted by molar-refractivity contribution is -0.121. The molecule has 158 valence electrons. The summed E-state index contributed by atoms with van der Waals surface area (Å²) < 4.78 is 0. The molecular formula is C22H24ClN3O3S. The molecule has 0 saturated carbocycles. The Labute approximate surface area is 184 Å². The molecule has 1 unspecified atom stereocenters. The van der Waals surface area contributed by atoms with Gasteiger partial charge in [0.25, 0.3) is 11.8 Å². The fourth-order valence-corrected chi connectivity index (χ4v) is 4.93. The van der Waals surface area contributed by atoms with E-state index in [2.05, 4.69) is 5.32 Å². The quantitative estimate of drug-likeness (QED) is 0.769. The fourth-order valence-electron chi connectivity index (χ4n) is 4.06. The number of hydrogen-bond donors (Lipinski definition) is 1. The van der Waals surface area contributed by atoms with Crippen LogP contribution in [0.2, 0.25) is 5.02 Å². The van der Waals surface area contributed by atoms with Crippen LogP contribution in [0.4, 0.5) is 5.69 Å². The minimum absolute atomic E-state index is 0.0323. The van der Waals surface area contributed by atoms with Gasteiger partial charge in [-0.05, 0) is 55.3 Å². The van der Waals surface area contributed by atoms with E-state index in [4.69, 9.17) is 11.6 Å². The minimum atomic E-state index is -0.323. The molecule has 1 aromatic heterocycles. The third-order valence-electron chi connectivity index (χ3n) is 5.67. The van der Waals surface area contributed by atoms with Gasteiger partial charge in [-0.3, -0.25) is 14.4 Å². The molecule has 2 aliphatic heterocycles. The van der Waals surface area contributed by atoms with Gasteiger partial charge in [0, 0.05) is 31.2 Å². The first-order chi connectivity index (χ1) is 14.5. The summed E-state index contributed by atoms with van der Waals surface area (Å²) in [5.41, 5.74) is 0.892. The second-order valence-corrected chi connectivity index (χ2v) is 9.13. The summed E-state index contributed by atoms with van der Waals surface area (Å²) in [6.45, 7) is 2.49. The van der Waals surface area contributed by atoms with Gasteiger partial charge in [0.05, 0.1) is 22.0 Å². The predicted molar refractivity (Wildman–Crippen MR) is 118 cm³/mol. The van der Waals surface area contributed by atoms with Gasteiger partial charge in [0.15, 0.2) is 0 Å². The number of halogens is 1. The number of anilines is 1. The first-order valence-electron chi connectivity index (χ1n) is 10.3. The highest BCUT2D eigenvalue weighted by Crippen LogP contribution is 2.27. The highest BCUT2D eigenvalue weighted by Gasteiger charge is 2.30. The molecule has 3 heterocycles. The molecule has 0 radical (unpaired) electrons. The Balaban J connectivity index is 1.47. The molecule has 4 rings (SSSR count). The molecular weight excluding hydrogens is 422 g/mol. The summed E-state index contributed by atoms with van der Waals surface area (Å²) in [5.74, 6) is -0.624. The Morgan fingerprint density at radius 1 is 1.00 bits per heavy atom. The van der Waals surface area contributed by atoms with Crippen LogP contribution in [0.5, 0.6) is 0 Å². The molecule has 0 aliphatic carbocycles. The summed E-state index contributed by atoms with van der Waals surface area (Å²) in [7, 11) is 0. The van der Waals surface area contributed by atoms with Gasteiger partial charge in [-0.15, -0.1) is 11.3 Å². The number of rotatable bonds is 4. The maximum atomic E-state index is 13.0. The molecule has 2 aromatic rings. The first kappa shape index (κ1) is 20.9. The highest BCUT2D eigenvalue weighted by molar-refractivity contribution is 7.12. The van der Waals surface area contributed by atoms with Gasteiger partial charge >= 0.3 is 0 Å². The molecule has 1 N–H and O–H groups in total. The van der Waals surface area contributed by atoms with Crippen molar-refractivity contribution in [3.8, 4) is 0 Å². The SMILES string of the molecule is O=C(Nc1cc(Cl)ccc1C(=O)N1CCCC1)C1CCCN(C(=O)c2cccs2)C1. The van der Waals surface area contributed by atoms with Crippen LogP contribution < -0.4 is 5.32 Å². The number of amides is 3. The van der Waals surface area contributed by atoms with Crippen molar-refractivity contribution in [2.75, 3.05) is 31.5 Å². The molecule has 1 aromatic carbocycles. The number of thiophene rings is 1. The zero-order valence-electron chi connectivity index (χ0n) is 16.6. The minimum Gasteiger partial charge on any atom is -0.339 e. The van der Waals surface area contributed by atoms with E-state index >= 15 is 0 Å². The zero-order valence-corrected chi connectivity index (χ0v) is 18.2. The standard InChI is InChI=1S/C22H24ClN3O3S/c23-16-7-8-17(21(28)25-9-1-2-10-25)18(13-16)24-20(27)15-5-3-11-26(14-15)22(29)19-6-4-12-30-19/h4,6-8,12-13,15H,1-3,5,9-11,14H2,(H,24,27). The van der Waals surface area contributed by atoms with Gasteiger partial charge in [-0.2, -0.15) is 0 Å². The Morgan fingerprint density at radius 3 is 2.50 bits per heavy atom. The number of nitrogens with zero attached hydrogens (tertiary/aromatic N) is 2. The zero-order chi connectivity index (χ0) is 21.1. The van der Waals surface area contributed by atoms with E-state index in [0.717, 1.165) is 32.4 Å². The normalized spacial score (nSPS) is 19.0. The lowest BCUT2D eigenvalue weighted by Crippen LogP contribution is -2.43. The van der Waals surface area contributed by atoms with E-state index < -0.39 is 0 Å². The van der Waals surface area contributed by atoms with Gasteiger partial charge in [-0.1, -0.05) is 17.7 Å². The second-order valence-electron chi connectivity index (χ2n) is 7.75. The van der Waals surface area contributed by atoms with Crippen LogP contribution in [0.3, 0.4) is 0 Å². The molecule has 3 amide bonds. The Kier molecular flexibility index (Phi) is 6.39. The number of carbonyl (C=O) groups is 3. The smallest absolute Gasteiger partial charge is 0.263 e. The van der Waals surface area contributed by atoms with Crippen molar-refractivity contribution < 1.29 is 14.4 Å². The molecule has 0 bridgehead atoms. The van der Waals surface area contributed by atoms with Crippen molar-refractivity contribution in [3.05, 3.63) is 51.2 Å². The molecule has 0 spiro atoms. The summed E-state index contributed by atoms with van der Waals surface area (Å²) in [6.07, 6.45) is 3.47. The molecule has 8 heteroatoms. The second kappa shape index (κ2) is 9.18. The molecule has 6 nitrogen and oxygen atoms in total. The third kappa shape index (κ3) is 4.52. The highest BCUT2D eigenvalue weighted by atomic mass is 35.5. The predicted octanol–water partition coefficient (Wildman–Crippen LogP) is 4.13. The average molecular weight is 446 g/mol. The van der Waals surface area contributed by atoms with Crippen molar-refractivity contribution >= 4 is 46.3 Å². The largest absolute Gasteiger partial charge is 0.339 e. The van der Waals surface area contributed by atoms with E-state index in [1.54, 1.807) is 34.1 Å². The first-order valence-corrected chi connectivity index (χ1v) is 11.5. The molecule has 2 saturated heterocycles. The number of benzene rings is 1. The topological polar surface area (TPSA) is 69.7 Å². The van der Waals surface area contributed by atoms with Gasteiger partial charge < -0.3 is 15.1 Å². The van der Waals surface area contributed by atoms with E-state index in [1.165, 1.54) is 11.3 Å². The van der Waals surface area contributed by atoms with E-state index in [9.17, 15) is 14.4 Å². The number of carbonyl (C=O) groups excluding carboxylic acids is 3. The summed E-state index contributed by atoms with van der Waals surface area (Å²) >= 11 is 7.55. The van der Waals surface area contributed by atoms with Crippen molar-refractivity contribution in [2.24, 2.45) is 5.92 Å². The average Bonchev–Trinajstić information content (AvgIpc) is 3.47. The van der Waals surface area contributed by atoms with Crippen LogP contribution in [0.15, 0.2) is 35.7 Å². The van der Waals surface area contributed by atoms with Crippen molar-refractivity contribution in [3.63, 3.8) is 0 Å². The van der Waals surface area contributed by atoms with Crippen LogP contribution >= 0.6 is 22.9 Å². The van der Waals surface area contributed by atoms with E-state index in [0.29, 0.717) is 40.7 Å². The summed E-state index contributed by atoms with van der Waals surface area (Å²) in [4.78, 5) is 42.8. The number of piperidine rings is 1. The van der Waals surface area contributed by atoms with Crippen LogP contribution in [0, 0.1) is 5.92 Å². The van der Waals surface area contributed by atoms with Gasteiger partial charge in [0.1, 0.15) is 0 Å². The number of nitrogens with one attached hydrogen (secondary N) is 1. The maximum absolute atomic E-state index is 13.0. The molecule has 2 fully saturated rings. The maximum Gasteiger partial charge on any atom is 0.263 e.